The molecular formula is C21H18F2N4O. The molecule has 0 atom stereocenters. The number of amides is 1. The molecule has 1 aliphatic rings. The van der Waals surface area contributed by atoms with Crippen LogP contribution in [-0.2, 0) is 13.0 Å². The molecule has 7 heteroatoms. The van der Waals surface area contributed by atoms with Gasteiger partial charge in [-0.05, 0) is 36.6 Å². The minimum atomic E-state index is -0.739. The van der Waals surface area contributed by atoms with Gasteiger partial charge in [0.05, 0.1) is 0 Å². The molecule has 0 aliphatic carbocycles. The summed E-state index contributed by atoms with van der Waals surface area (Å²) in [5.41, 5.74) is 2.22. The highest BCUT2D eigenvalue weighted by atomic mass is 19.1. The first-order valence-electron chi connectivity index (χ1n) is 8.94. The Morgan fingerprint density at radius 1 is 1.04 bits per heavy atom. The normalized spacial score (nSPS) is 13.2. The SMILES string of the molecule is Cc1nc(Nc2c(F)cccc2F)cc(C(=O)N2CCc3ccccc3C2)n1. The van der Waals surface area contributed by atoms with Crippen molar-refractivity contribution < 1.29 is 13.6 Å². The van der Waals surface area contributed by atoms with Crippen molar-refractivity contribution in [2.75, 3.05) is 11.9 Å². The van der Waals surface area contributed by atoms with Crippen molar-refractivity contribution in [3.63, 3.8) is 0 Å². The van der Waals surface area contributed by atoms with E-state index in [0.717, 1.165) is 24.1 Å². The number of aryl methyl sites for hydroxylation is 1. The van der Waals surface area contributed by atoms with Crippen LogP contribution in [0.3, 0.4) is 0 Å². The number of fused-ring (bicyclic) bond motifs is 1. The predicted molar refractivity (Wildman–Crippen MR) is 101 cm³/mol. The highest BCUT2D eigenvalue weighted by Gasteiger charge is 2.23. The molecule has 28 heavy (non-hydrogen) atoms. The van der Waals surface area contributed by atoms with Crippen LogP contribution in [0.2, 0.25) is 0 Å². The van der Waals surface area contributed by atoms with Crippen LogP contribution in [0, 0.1) is 18.6 Å². The number of aromatic nitrogens is 2. The third-order valence-electron chi connectivity index (χ3n) is 4.69. The van der Waals surface area contributed by atoms with Crippen LogP contribution in [0.4, 0.5) is 20.3 Å². The van der Waals surface area contributed by atoms with Gasteiger partial charge in [-0.1, -0.05) is 30.3 Å². The Morgan fingerprint density at radius 2 is 1.75 bits per heavy atom. The summed E-state index contributed by atoms with van der Waals surface area (Å²) in [5.74, 6) is -1.22. The Labute approximate surface area is 161 Å². The van der Waals surface area contributed by atoms with Crippen LogP contribution >= 0.6 is 0 Å². The Balaban J connectivity index is 1.60. The number of anilines is 2. The molecule has 142 valence electrons. The molecule has 0 saturated heterocycles. The summed E-state index contributed by atoms with van der Waals surface area (Å²) in [5, 5.41) is 2.62. The largest absolute Gasteiger partial charge is 0.335 e. The van der Waals surface area contributed by atoms with E-state index in [4.69, 9.17) is 0 Å². The second kappa shape index (κ2) is 7.34. The number of benzene rings is 2. The summed E-state index contributed by atoms with van der Waals surface area (Å²) >= 11 is 0. The standard InChI is InChI=1S/C21H18F2N4O/c1-13-24-18(11-19(25-13)26-20-16(22)7-4-8-17(20)23)21(28)27-10-9-14-5-2-3-6-15(14)12-27/h2-8,11H,9-10,12H2,1H3,(H,24,25,26). The molecule has 0 radical (unpaired) electrons. The Kier molecular flexibility index (Phi) is 4.73. The van der Waals surface area contributed by atoms with E-state index in [-0.39, 0.29) is 23.1 Å². The van der Waals surface area contributed by atoms with Gasteiger partial charge < -0.3 is 10.2 Å². The number of nitrogens with zero attached hydrogens (tertiary/aromatic N) is 3. The lowest BCUT2D eigenvalue weighted by atomic mass is 10.00. The topological polar surface area (TPSA) is 58.1 Å². The fourth-order valence-electron chi connectivity index (χ4n) is 3.32. The molecule has 1 N–H and O–H groups in total. The van der Waals surface area contributed by atoms with Gasteiger partial charge in [0.25, 0.3) is 5.91 Å². The van der Waals surface area contributed by atoms with Crippen molar-refractivity contribution >= 4 is 17.4 Å². The van der Waals surface area contributed by atoms with E-state index in [0.29, 0.717) is 18.9 Å². The Hall–Kier alpha value is -3.35. The fourth-order valence-corrected chi connectivity index (χ4v) is 3.32. The van der Waals surface area contributed by atoms with Crippen molar-refractivity contribution in [2.24, 2.45) is 0 Å². The molecular weight excluding hydrogens is 362 g/mol. The van der Waals surface area contributed by atoms with Crippen molar-refractivity contribution in [1.82, 2.24) is 14.9 Å². The average Bonchev–Trinajstić information content (AvgIpc) is 2.69. The number of hydrogen-bond donors (Lipinski definition) is 1. The lowest BCUT2D eigenvalue weighted by molar-refractivity contribution is 0.0728. The van der Waals surface area contributed by atoms with Crippen LogP contribution in [0.1, 0.15) is 27.4 Å². The zero-order valence-electron chi connectivity index (χ0n) is 15.2. The first-order valence-corrected chi connectivity index (χ1v) is 8.94. The second-order valence-electron chi connectivity index (χ2n) is 6.65. The van der Waals surface area contributed by atoms with E-state index in [1.54, 1.807) is 11.8 Å². The van der Waals surface area contributed by atoms with Crippen LogP contribution in [0.5, 0.6) is 0 Å². The number of nitrogens with one attached hydrogen (secondary N) is 1. The number of carbonyl (C=O) groups excluding carboxylic acids is 1. The van der Waals surface area contributed by atoms with Crippen LogP contribution in [0.15, 0.2) is 48.5 Å². The molecule has 3 aromatic rings. The monoisotopic (exact) mass is 380 g/mol. The van der Waals surface area contributed by atoms with Gasteiger partial charge in [-0.15, -0.1) is 0 Å². The molecule has 0 spiro atoms. The smallest absolute Gasteiger partial charge is 0.272 e. The van der Waals surface area contributed by atoms with Crippen LogP contribution in [-0.4, -0.2) is 27.3 Å². The van der Waals surface area contributed by atoms with E-state index in [1.165, 1.54) is 17.7 Å². The second-order valence-corrected chi connectivity index (χ2v) is 6.65. The Bertz CT molecular complexity index is 1030. The summed E-state index contributed by atoms with van der Waals surface area (Å²) in [6.07, 6.45) is 0.775. The predicted octanol–water partition coefficient (Wildman–Crippen LogP) is 4.01. The van der Waals surface area contributed by atoms with Gasteiger partial charge in [0.15, 0.2) is 0 Å². The van der Waals surface area contributed by atoms with E-state index < -0.39 is 11.6 Å². The molecule has 1 aliphatic heterocycles. The van der Waals surface area contributed by atoms with Crippen molar-refractivity contribution in [1.29, 1.82) is 0 Å². The minimum Gasteiger partial charge on any atom is -0.335 e. The van der Waals surface area contributed by atoms with E-state index in [2.05, 4.69) is 21.4 Å². The first-order chi connectivity index (χ1) is 13.5. The lowest BCUT2D eigenvalue weighted by Crippen LogP contribution is -2.36. The molecule has 0 unspecified atom stereocenters. The summed E-state index contributed by atoms with van der Waals surface area (Å²) in [4.78, 5) is 23.0. The highest BCUT2D eigenvalue weighted by molar-refractivity contribution is 5.93. The summed E-state index contributed by atoms with van der Waals surface area (Å²) < 4.78 is 27.8. The fraction of sp³-hybridized carbons (Fsp3) is 0.190. The number of carbonyl (C=O) groups is 1. The highest BCUT2D eigenvalue weighted by Crippen LogP contribution is 2.24. The van der Waals surface area contributed by atoms with Gasteiger partial charge in [-0.2, -0.15) is 0 Å². The quantitative estimate of drug-likeness (QED) is 0.746. The van der Waals surface area contributed by atoms with E-state index in [1.807, 2.05) is 18.2 Å². The van der Waals surface area contributed by atoms with Gasteiger partial charge in [-0.25, -0.2) is 18.7 Å². The van der Waals surface area contributed by atoms with Gasteiger partial charge in [0.1, 0.15) is 34.7 Å². The molecule has 2 aromatic carbocycles. The van der Waals surface area contributed by atoms with Crippen molar-refractivity contribution in [3.8, 4) is 0 Å². The third kappa shape index (κ3) is 3.55. The molecule has 0 fully saturated rings. The summed E-state index contributed by atoms with van der Waals surface area (Å²) in [7, 11) is 0. The van der Waals surface area contributed by atoms with E-state index >= 15 is 0 Å². The van der Waals surface area contributed by atoms with Crippen LogP contribution < -0.4 is 5.32 Å². The number of rotatable bonds is 3. The first kappa shape index (κ1) is 18.0. The summed E-state index contributed by atoms with van der Waals surface area (Å²) in [6, 6.07) is 13.0. The number of halogens is 2. The molecule has 1 amide bonds. The Morgan fingerprint density at radius 3 is 2.50 bits per heavy atom. The van der Waals surface area contributed by atoms with Gasteiger partial charge in [0.2, 0.25) is 0 Å². The van der Waals surface area contributed by atoms with Crippen molar-refractivity contribution in [2.45, 2.75) is 19.9 Å². The molecule has 2 heterocycles. The average molecular weight is 380 g/mol. The van der Waals surface area contributed by atoms with Crippen molar-refractivity contribution in [3.05, 3.63) is 82.8 Å². The van der Waals surface area contributed by atoms with Gasteiger partial charge >= 0.3 is 0 Å². The summed E-state index contributed by atoms with van der Waals surface area (Å²) in [6.45, 7) is 2.72. The van der Waals surface area contributed by atoms with Gasteiger partial charge in [-0.3, -0.25) is 4.79 Å². The van der Waals surface area contributed by atoms with Gasteiger partial charge in [0, 0.05) is 19.2 Å². The zero-order valence-corrected chi connectivity index (χ0v) is 15.2. The third-order valence-corrected chi connectivity index (χ3v) is 4.69. The molecule has 4 rings (SSSR count). The molecule has 0 saturated carbocycles. The molecule has 5 nitrogen and oxygen atoms in total. The number of para-hydroxylation sites is 1. The maximum Gasteiger partial charge on any atom is 0.272 e. The van der Waals surface area contributed by atoms with Crippen LogP contribution in [0.25, 0.3) is 0 Å². The lowest BCUT2D eigenvalue weighted by Gasteiger charge is -2.28. The zero-order chi connectivity index (χ0) is 19.7. The molecule has 0 bridgehead atoms. The number of hydrogen-bond acceptors (Lipinski definition) is 4. The maximum absolute atomic E-state index is 13.9. The molecule has 1 aromatic heterocycles. The maximum atomic E-state index is 13.9. The minimum absolute atomic E-state index is 0.164. The van der Waals surface area contributed by atoms with E-state index in [9.17, 15) is 13.6 Å².